The van der Waals surface area contributed by atoms with E-state index in [1.54, 1.807) is 0 Å². The van der Waals surface area contributed by atoms with Crippen LogP contribution in [0.2, 0.25) is 0 Å². The van der Waals surface area contributed by atoms with Crippen LogP contribution in [0.3, 0.4) is 0 Å². The molecule has 0 aliphatic rings. The second-order valence-electron chi connectivity index (χ2n) is 4.74. The largest absolute Gasteiger partial charge is 0.0946 e. The maximum atomic E-state index is 3.55. The van der Waals surface area contributed by atoms with Crippen LogP contribution in [0.15, 0.2) is 18.2 Å². The molecule has 0 nitrogen and oxygen atoms in total. The van der Waals surface area contributed by atoms with Crippen LogP contribution >= 0.6 is 63.7 Å². The highest BCUT2D eigenvalue weighted by Gasteiger charge is 2.18. The second kappa shape index (κ2) is 5.85. The molecule has 0 atom stereocenters. The first-order chi connectivity index (χ1) is 7.21. The van der Waals surface area contributed by atoms with Gasteiger partial charge in [-0.1, -0.05) is 103 Å². The normalized spacial score (nSPS) is 12.6. The molecule has 0 unspecified atom stereocenters. The fraction of sp³-hybridized carbons (Fsp3) is 0.500. The molecule has 0 spiro atoms. The Labute approximate surface area is 131 Å². The summed E-state index contributed by atoms with van der Waals surface area (Å²) in [6.07, 6.45) is 0. The predicted octanol–water partition coefficient (Wildman–Crippen LogP) is 6.56. The lowest BCUT2D eigenvalue weighted by atomic mass is 9.85. The van der Waals surface area contributed by atoms with E-state index in [1.807, 2.05) is 0 Å². The molecule has 90 valence electrons. The van der Waals surface area contributed by atoms with Gasteiger partial charge in [0.25, 0.3) is 0 Å². The first-order valence-corrected chi connectivity index (χ1v) is 8.59. The molecule has 0 heterocycles. The average molecular weight is 478 g/mol. The Kier molecular flexibility index (Phi) is 5.56. The molecule has 0 saturated heterocycles. The molecular formula is C12H14Br4. The van der Waals surface area contributed by atoms with E-state index < -0.39 is 0 Å². The number of hydrogen-bond donors (Lipinski definition) is 0. The number of hydrogen-bond acceptors (Lipinski definition) is 0. The molecule has 0 radical (unpaired) electrons. The molecule has 0 aliphatic heterocycles. The zero-order chi connectivity index (χ0) is 12.5. The molecule has 1 rings (SSSR count). The van der Waals surface area contributed by atoms with Crippen molar-refractivity contribution in [2.75, 3.05) is 0 Å². The van der Waals surface area contributed by atoms with Gasteiger partial charge in [0.15, 0.2) is 0 Å². The molecule has 0 saturated carbocycles. The maximum absolute atomic E-state index is 3.55. The van der Waals surface area contributed by atoms with Gasteiger partial charge < -0.3 is 0 Å². The lowest BCUT2D eigenvalue weighted by Gasteiger charge is -2.22. The minimum absolute atomic E-state index is 0.161. The summed E-state index contributed by atoms with van der Waals surface area (Å²) in [5, 5.41) is 0. The Balaban J connectivity index is 3.30. The lowest BCUT2D eigenvalue weighted by Crippen LogP contribution is -2.12. The fourth-order valence-corrected chi connectivity index (χ4v) is 2.42. The number of alkyl halides is 4. The summed E-state index contributed by atoms with van der Waals surface area (Å²) in [4.78, 5) is 0. The average Bonchev–Trinajstić information content (AvgIpc) is 2.15. The summed E-state index contributed by atoms with van der Waals surface area (Å²) >= 11 is 14.2. The molecule has 4 heteroatoms. The first kappa shape index (κ1) is 15.2. The Hall–Kier alpha value is 1.14. The monoisotopic (exact) mass is 474 g/mol. The van der Waals surface area contributed by atoms with Gasteiger partial charge in [-0.25, -0.2) is 0 Å². The van der Waals surface area contributed by atoms with Crippen LogP contribution in [0.25, 0.3) is 0 Å². The summed E-state index contributed by atoms with van der Waals surface area (Å²) < 4.78 is 0.389. The van der Waals surface area contributed by atoms with Crippen molar-refractivity contribution in [3.8, 4) is 0 Å². The van der Waals surface area contributed by atoms with Crippen molar-refractivity contribution in [2.45, 2.75) is 33.7 Å². The van der Waals surface area contributed by atoms with Gasteiger partial charge in [-0.15, -0.1) is 0 Å². The van der Waals surface area contributed by atoms with Crippen molar-refractivity contribution < 1.29 is 0 Å². The quantitative estimate of drug-likeness (QED) is 0.423. The van der Waals surface area contributed by atoms with E-state index in [9.17, 15) is 0 Å². The maximum Gasteiger partial charge on any atom is 0.0946 e. The summed E-state index contributed by atoms with van der Waals surface area (Å²) in [5.41, 5.74) is 3.99. The van der Waals surface area contributed by atoms with E-state index in [1.165, 1.54) is 16.7 Å². The zero-order valence-electron chi connectivity index (χ0n) is 9.40. The molecule has 0 amide bonds. The smallest absolute Gasteiger partial charge is 0.0712 e. The minimum Gasteiger partial charge on any atom is -0.0712 e. The topological polar surface area (TPSA) is 0 Å². The minimum atomic E-state index is 0.161. The van der Waals surface area contributed by atoms with Gasteiger partial charge in [-0.3, -0.25) is 0 Å². The van der Waals surface area contributed by atoms with Gasteiger partial charge in [0.2, 0.25) is 0 Å². The van der Waals surface area contributed by atoms with Crippen molar-refractivity contribution in [1.29, 1.82) is 0 Å². The van der Waals surface area contributed by atoms with E-state index >= 15 is 0 Å². The Bertz CT molecular complexity index is 338. The Morgan fingerprint density at radius 2 is 1.19 bits per heavy atom. The molecule has 0 bridgehead atoms. The van der Waals surface area contributed by atoms with Crippen LogP contribution in [0.5, 0.6) is 0 Å². The van der Waals surface area contributed by atoms with E-state index in [0.29, 0.717) is 0 Å². The molecule has 0 aliphatic carbocycles. The molecule has 0 aromatic heterocycles. The highest BCUT2D eigenvalue weighted by Crippen LogP contribution is 2.38. The standard InChI is InChI=1S/C12H14Br4/c1-12(2,3)9-5-7(10(13)14)4-8(6-9)11(15)16/h4-6,10-11H,1-3H3. The Morgan fingerprint density at radius 3 is 1.44 bits per heavy atom. The number of benzene rings is 1. The van der Waals surface area contributed by atoms with Gasteiger partial charge in [-0.2, -0.15) is 0 Å². The van der Waals surface area contributed by atoms with Crippen LogP contribution in [0.1, 0.15) is 44.9 Å². The SMILES string of the molecule is CC(C)(C)c1cc(C(Br)Br)cc(C(Br)Br)c1. The molecule has 0 fully saturated rings. The summed E-state index contributed by atoms with van der Waals surface area (Å²) in [5.74, 6) is 0. The second-order valence-corrected chi connectivity index (χ2v) is 10.9. The molecule has 16 heavy (non-hydrogen) atoms. The summed E-state index contributed by atoms with van der Waals surface area (Å²) in [7, 11) is 0. The van der Waals surface area contributed by atoms with Crippen LogP contribution < -0.4 is 0 Å². The van der Waals surface area contributed by atoms with Gasteiger partial charge in [0.05, 0.1) is 7.47 Å². The number of halogens is 4. The van der Waals surface area contributed by atoms with Gasteiger partial charge >= 0.3 is 0 Å². The van der Waals surface area contributed by atoms with E-state index in [0.717, 1.165) is 0 Å². The van der Waals surface area contributed by atoms with E-state index in [-0.39, 0.29) is 12.9 Å². The zero-order valence-corrected chi connectivity index (χ0v) is 15.7. The third-order valence-corrected chi connectivity index (χ3v) is 4.46. The first-order valence-electron chi connectivity index (χ1n) is 4.93. The van der Waals surface area contributed by atoms with Crippen molar-refractivity contribution in [3.05, 3.63) is 34.9 Å². The van der Waals surface area contributed by atoms with Crippen LogP contribution in [0, 0.1) is 0 Å². The van der Waals surface area contributed by atoms with Crippen molar-refractivity contribution in [2.24, 2.45) is 0 Å². The van der Waals surface area contributed by atoms with Crippen molar-refractivity contribution in [1.82, 2.24) is 0 Å². The predicted molar refractivity (Wildman–Crippen MR) is 86.3 cm³/mol. The summed E-state index contributed by atoms with van der Waals surface area (Å²) in [6, 6.07) is 6.65. The highest BCUT2D eigenvalue weighted by atomic mass is 79.9. The number of rotatable bonds is 2. The third kappa shape index (κ3) is 4.11. The summed E-state index contributed by atoms with van der Waals surface area (Å²) in [6.45, 7) is 6.68. The van der Waals surface area contributed by atoms with E-state index in [2.05, 4.69) is 103 Å². The van der Waals surface area contributed by atoms with Crippen LogP contribution in [0.4, 0.5) is 0 Å². The molecule has 1 aromatic rings. The lowest BCUT2D eigenvalue weighted by molar-refractivity contribution is 0.589. The third-order valence-electron chi connectivity index (χ3n) is 2.35. The fourth-order valence-electron chi connectivity index (χ4n) is 1.36. The molecule has 1 aromatic carbocycles. The van der Waals surface area contributed by atoms with Crippen molar-refractivity contribution in [3.63, 3.8) is 0 Å². The van der Waals surface area contributed by atoms with Crippen molar-refractivity contribution >= 4 is 63.7 Å². The molecular weight excluding hydrogens is 464 g/mol. The Morgan fingerprint density at radius 1 is 0.812 bits per heavy atom. The highest BCUT2D eigenvalue weighted by molar-refractivity contribution is 9.24. The van der Waals surface area contributed by atoms with Gasteiger partial charge in [-0.05, 0) is 22.1 Å². The van der Waals surface area contributed by atoms with Gasteiger partial charge in [0.1, 0.15) is 0 Å². The van der Waals surface area contributed by atoms with Gasteiger partial charge in [0, 0.05) is 0 Å². The molecule has 0 N–H and O–H groups in total. The van der Waals surface area contributed by atoms with Crippen LogP contribution in [-0.2, 0) is 5.41 Å². The van der Waals surface area contributed by atoms with Crippen LogP contribution in [-0.4, -0.2) is 0 Å². The van der Waals surface area contributed by atoms with E-state index in [4.69, 9.17) is 0 Å².